The van der Waals surface area contributed by atoms with Crippen molar-refractivity contribution >= 4 is 17.3 Å². The lowest BCUT2D eigenvalue weighted by Crippen LogP contribution is -2.22. The van der Waals surface area contributed by atoms with Crippen LogP contribution in [-0.2, 0) is 0 Å². The summed E-state index contributed by atoms with van der Waals surface area (Å²) in [7, 11) is 3.55. The first-order valence-electron chi connectivity index (χ1n) is 7.94. The monoisotopic (exact) mass is 285 g/mol. The number of nitrogens with two attached hydrogens (primary N) is 1. The lowest BCUT2D eigenvalue weighted by Gasteiger charge is -2.16. The predicted molar refractivity (Wildman–Crippen MR) is 84.1 cm³/mol. The Morgan fingerprint density at radius 2 is 1.90 bits per heavy atom. The van der Waals surface area contributed by atoms with E-state index in [9.17, 15) is 4.79 Å². The highest BCUT2D eigenvalue weighted by Crippen LogP contribution is 2.66. The molecule has 3 fully saturated rings. The number of carbonyl (C=O) groups excluding carboxylic acids is 1. The molecule has 1 aromatic rings. The fourth-order valence-electron chi connectivity index (χ4n) is 4.77. The minimum absolute atomic E-state index is 0.0223. The van der Waals surface area contributed by atoms with E-state index in [1.807, 2.05) is 12.1 Å². The van der Waals surface area contributed by atoms with E-state index in [1.54, 1.807) is 25.1 Å². The van der Waals surface area contributed by atoms with E-state index >= 15 is 0 Å². The summed E-state index contributed by atoms with van der Waals surface area (Å²) < 4.78 is 0. The second-order valence-electron chi connectivity index (χ2n) is 7.16. The number of nitrogen functional groups attached to an aromatic ring is 1. The third-order valence-electron chi connectivity index (χ3n) is 5.76. The summed E-state index contributed by atoms with van der Waals surface area (Å²) in [6.45, 7) is 0. The number of amides is 1. The van der Waals surface area contributed by atoms with E-state index in [0.29, 0.717) is 11.6 Å². The van der Waals surface area contributed by atoms with Crippen LogP contribution in [0.3, 0.4) is 0 Å². The molecular formula is C17H23N3O. The van der Waals surface area contributed by atoms with Crippen molar-refractivity contribution in [2.45, 2.75) is 25.3 Å². The van der Waals surface area contributed by atoms with E-state index in [2.05, 4.69) is 5.32 Å². The van der Waals surface area contributed by atoms with Crippen LogP contribution >= 0.6 is 0 Å². The summed E-state index contributed by atoms with van der Waals surface area (Å²) >= 11 is 0. The molecule has 3 aliphatic rings. The standard InChI is InChI=1S/C17H23N3O/c1-20(2)17(21)11-5-6-12(18)13(8-11)19-16-14-9-3-4-10(7-9)15(14)16/h5-6,8-10,14-16,19H,3-4,7,18H2,1-2H3. The molecule has 3 saturated carbocycles. The van der Waals surface area contributed by atoms with Crippen LogP contribution in [0, 0.1) is 23.7 Å². The normalized spacial score (nSPS) is 35.4. The number of nitrogens with one attached hydrogen (secondary N) is 1. The van der Waals surface area contributed by atoms with Crippen molar-refractivity contribution in [3.8, 4) is 0 Å². The van der Waals surface area contributed by atoms with E-state index in [1.165, 1.54) is 19.3 Å². The molecule has 4 unspecified atom stereocenters. The fourth-order valence-corrected chi connectivity index (χ4v) is 4.77. The average molecular weight is 285 g/mol. The Hall–Kier alpha value is -1.71. The van der Waals surface area contributed by atoms with E-state index in [4.69, 9.17) is 5.73 Å². The first-order chi connectivity index (χ1) is 10.1. The Kier molecular flexibility index (Phi) is 2.72. The second-order valence-corrected chi connectivity index (χ2v) is 7.16. The third kappa shape index (κ3) is 1.92. The first kappa shape index (κ1) is 13.0. The molecule has 0 radical (unpaired) electrons. The van der Waals surface area contributed by atoms with Gasteiger partial charge in [0.15, 0.2) is 0 Å². The zero-order valence-corrected chi connectivity index (χ0v) is 12.7. The Morgan fingerprint density at radius 1 is 1.24 bits per heavy atom. The number of anilines is 2. The van der Waals surface area contributed by atoms with Crippen molar-refractivity contribution in [3.63, 3.8) is 0 Å². The molecule has 0 aliphatic heterocycles. The maximum atomic E-state index is 12.1. The Labute approximate surface area is 125 Å². The van der Waals surface area contributed by atoms with Crippen molar-refractivity contribution in [2.75, 3.05) is 25.1 Å². The smallest absolute Gasteiger partial charge is 0.253 e. The first-order valence-corrected chi connectivity index (χ1v) is 7.94. The summed E-state index contributed by atoms with van der Waals surface area (Å²) in [5, 5.41) is 3.63. The van der Waals surface area contributed by atoms with E-state index in [-0.39, 0.29) is 5.91 Å². The molecule has 3 aliphatic carbocycles. The van der Waals surface area contributed by atoms with Crippen molar-refractivity contribution in [1.29, 1.82) is 0 Å². The van der Waals surface area contributed by atoms with Crippen LogP contribution in [0.1, 0.15) is 29.6 Å². The molecule has 4 rings (SSSR count). The third-order valence-corrected chi connectivity index (χ3v) is 5.76. The van der Waals surface area contributed by atoms with Gasteiger partial charge in [-0.15, -0.1) is 0 Å². The Morgan fingerprint density at radius 3 is 2.52 bits per heavy atom. The molecule has 1 amide bonds. The Bertz CT molecular complexity index is 582. The number of rotatable bonds is 3. The molecule has 0 aromatic heterocycles. The summed E-state index contributed by atoms with van der Waals surface area (Å²) in [4.78, 5) is 13.7. The largest absolute Gasteiger partial charge is 0.397 e. The summed E-state index contributed by atoms with van der Waals surface area (Å²) in [5.74, 6) is 3.61. The van der Waals surface area contributed by atoms with Gasteiger partial charge in [0.25, 0.3) is 5.91 Å². The second kappa shape index (κ2) is 4.39. The highest BCUT2D eigenvalue weighted by Gasteiger charge is 2.65. The van der Waals surface area contributed by atoms with Crippen molar-refractivity contribution in [3.05, 3.63) is 23.8 Å². The quantitative estimate of drug-likeness (QED) is 0.839. The van der Waals surface area contributed by atoms with Gasteiger partial charge in [0, 0.05) is 25.7 Å². The molecule has 0 heterocycles. The molecule has 0 saturated heterocycles. The molecule has 2 bridgehead atoms. The predicted octanol–water partition coefficient (Wildman–Crippen LogP) is 2.43. The van der Waals surface area contributed by atoms with Gasteiger partial charge in [-0.1, -0.05) is 0 Å². The zero-order valence-electron chi connectivity index (χ0n) is 12.7. The molecule has 21 heavy (non-hydrogen) atoms. The molecule has 4 heteroatoms. The van der Waals surface area contributed by atoms with Gasteiger partial charge in [0.05, 0.1) is 11.4 Å². The number of hydrogen-bond acceptors (Lipinski definition) is 3. The number of hydrogen-bond donors (Lipinski definition) is 2. The average Bonchev–Trinajstić information content (AvgIpc) is 2.84. The van der Waals surface area contributed by atoms with Crippen LogP contribution in [0.25, 0.3) is 0 Å². The van der Waals surface area contributed by atoms with Crippen LogP contribution in [0.15, 0.2) is 18.2 Å². The van der Waals surface area contributed by atoms with Crippen molar-refractivity contribution in [2.24, 2.45) is 23.7 Å². The van der Waals surface area contributed by atoms with Gasteiger partial charge < -0.3 is 16.0 Å². The maximum Gasteiger partial charge on any atom is 0.253 e. The van der Waals surface area contributed by atoms with Crippen LogP contribution in [0.4, 0.5) is 11.4 Å². The van der Waals surface area contributed by atoms with Crippen molar-refractivity contribution < 1.29 is 4.79 Å². The van der Waals surface area contributed by atoms with Crippen LogP contribution in [-0.4, -0.2) is 30.9 Å². The van der Waals surface area contributed by atoms with Gasteiger partial charge in [-0.3, -0.25) is 4.79 Å². The van der Waals surface area contributed by atoms with E-state index < -0.39 is 0 Å². The lowest BCUT2D eigenvalue weighted by molar-refractivity contribution is 0.0827. The minimum atomic E-state index is 0.0223. The fraction of sp³-hybridized carbons (Fsp3) is 0.588. The number of fused-ring (bicyclic) bond motifs is 5. The maximum absolute atomic E-state index is 12.1. The van der Waals surface area contributed by atoms with Crippen molar-refractivity contribution in [1.82, 2.24) is 4.90 Å². The van der Waals surface area contributed by atoms with Gasteiger partial charge in [-0.05, 0) is 61.1 Å². The van der Waals surface area contributed by atoms with Gasteiger partial charge in [-0.2, -0.15) is 0 Å². The van der Waals surface area contributed by atoms with Crippen LogP contribution in [0.5, 0.6) is 0 Å². The minimum Gasteiger partial charge on any atom is -0.397 e. The highest BCUT2D eigenvalue weighted by atomic mass is 16.2. The topological polar surface area (TPSA) is 58.4 Å². The number of nitrogens with zero attached hydrogens (tertiary/aromatic N) is 1. The van der Waals surface area contributed by atoms with E-state index in [0.717, 1.165) is 35.0 Å². The number of benzene rings is 1. The molecular weight excluding hydrogens is 262 g/mol. The SMILES string of the molecule is CN(C)C(=O)c1ccc(N)c(NC2C3C4CCC(C4)C23)c1. The molecule has 4 nitrogen and oxygen atoms in total. The summed E-state index contributed by atoms with van der Waals surface area (Å²) in [5.41, 5.74) is 8.46. The van der Waals surface area contributed by atoms with Gasteiger partial charge in [0.2, 0.25) is 0 Å². The van der Waals surface area contributed by atoms with Gasteiger partial charge in [-0.25, -0.2) is 0 Å². The molecule has 3 N–H and O–H groups in total. The summed E-state index contributed by atoms with van der Waals surface area (Å²) in [6.07, 6.45) is 4.28. The summed E-state index contributed by atoms with van der Waals surface area (Å²) in [6, 6.07) is 6.14. The van der Waals surface area contributed by atoms with Gasteiger partial charge >= 0.3 is 0 Å². The molecule has 112 valence electrons. The lowest BCUT2D eigenvalue weighted by atomic mass is 10.0. The molecule has 1 aromatic carbocycles. The highest BCUT2D eigenvalue weighted by molar-refractivity contribution is 5.96. The van der Waals surface area contributed by atoms with Gasteiger partial charge in [0.1, 0.15) is 0 Å². The Balaban J connectivity index is 1.53. The van der Waals surface area contributed by atoms with Crippen LogP contribution in [0.2, 0.25) is 0 Å². The number of carbonyl (C=O) groups is 1. The molecule has 0 spiro atoms. The van der Waals surface area contributed by atoms with Crippen LogP contribution < -0.4 is 11.1 Å². The molecule has 4 atom stereocenters. The zero-order chi connectivity index (χ0) is 14.7.